The molecular formula is C17H26N4O2. The molecule has 1 aromatic rings. The maximum Gasteiger partial charge on any atom is 0.224 e. The molecule has 6 heteroatoms. The second kappa shape index (κ2) is 7.75. The molecule has 0 bridgehead atoms. The summed E-state index contributed by atoms with van der Waals surface area (Å²) < 4.78 is 5.55. The van der Waals surface area contributed by atoms with Gasteiger partial charge in [0.15, 0.2) is 0 Å². The van der Waals surface area contributed by atoms with Gasteiger partial charge in [0.25, 0.3) is 0 Å². The molecule has 2 saturated heterocycles. The number of anilines is 1. The van der Waals surface area contributed by atoms with Crippen molar-refractivity contribution < 1.29 is 9.53 Å². The number of aromatic nitrogens is 1. The van der Waals surface area contributed by atoms with Gasteiger partial charge < -0.3 is 20.3 Å². The fraction of sp³-hybridized carbons (Fsp3) is 0.647. The topological polar surface area (TPSA) is 66.5 Å². The molecule has 1 amide bonds. The minimum atomic E-state index is 0.103. The second-order valence-corrected chi connectivity index (χ2v) is 6.41. The van der Waals surface area contributed by atoms with Crippen LogP contribution in [0.1, 0.15) is 25.3 Å². The summed E-state index contributed by atoms with van der Waals surface area (Å²) in [5.41, 5.74) is 1.03. The van der Waals surface area contributed by atoms with Gasteiger partial charge in [0.2, 0.25) is 5.91 Å². The summed E-state index contributed by atoms with van der Waals surface area (Å²) >= 11 is 0. The zero-order valence-electron chi connectivity index (χ0n) is 13.8. The zero-order chi connectivity index (χ0) is 16.1. The van der Waals surface area contributed by atoms with Gasteiger partial charge in [-0.25, -0.2) is 4.98 Å². The molecule has 2 atom stereocenters. The molecule has 126 valence electrons. The van der Waals surface area contributed by atoms with Crippen molar-refractivity contribution >= 4 is 11.7 Å². The summed E-state index contributed by atoms with van der Waals surface area (Å²) in [7, 11) is 0. The van der Waals surface area contributed by atoms with E-state index < -0.39 is 0 Å². The number of nitrogens with zero attached hydrogens (tertiary/aromatic N) is 2. The van der Waals surface area contributed by atoms with Crippen LogP contribution in [0.3, 0.4) is 0 Å². The zero-order valence-corrected chi connectivity index (χ0v) is 13.8. The predicted octanol–water partition coefficient (Wildman–Crippen LogP) is 0.923. The Kier molecular flexibility index (Phi) is 5.46. The number of morpholine rings is 1. The van der Waals surface area contributed by atoms with Gasteiger partial charge in [0.1, 0.15) is 5.82 Å². The van der Waals surface area contributed by atoms with Crippen molar-refractivity contribution in [3.05, 3.63) is 23.9 Å². The second-order valence-electron chi connectivity index (χ2n) is 6.41. The summed E-state index contributed by atoms with van der Waals surface area (Å²) in [6.45, 7) is 6.93. The summed E-state index contributed by atoms with van der Waals surface area (Å²) in [6, 6.07) is 4.07. The Morgan fingerprint density at radius 2 is 2.43 bits per heavy atom. The lowest BCUT2D eigenvalue weighted by molar-refractivity contribution is -0.125. The number of hydrogen-bond donors (Lipinski definition) is 2. The average Bonchev–Trinajstić information content (AvgIpc) is 2.61. The number of rotatable bonds is 4. The van der Waals surface area contributed by atoms with E-state index in [-0.39, 0.29) is 17.9 Å². The summed E-state index contributed by atoms with van der Waals surface area (Å²) in [5.74, 6) is 1.22. The molecule has 1 aromatic heterocycles. The van der Waals surface area contributed by atoms with E-state index >= 15 is 0 Å². The molecule has 0 aromatic carbocycles. The number of piperidine rings is 1. The van der Waals surface area contributed by atoms with Gasteiger partial charge in [-0.2, -0.15) is 0 Å². The molecule has 3 heterocycles. The molecule has 2 N–H and O–H groups in total. The van der Waals surface area contributed by atoms with Crippen LogP contribution in [0.25, 0.3) is 0 Å². The van der Waals surface area contributed by atoms with E-state index in [1.807, 2.05) is 18.3 Å². The van der Waals surface area contributed by atoms with Gasteiger partial charge in [0.05, 0.1) is 18.6 Å². The predicted molar refractivity (Wildman–Crippen MR) is 89.3 cm³/mol. The van der Waals surface area contributed by atoms with Gasteiger partial charge >= 0.3 is 0 Å². The molecule has 6 nitrogen and oxygen atoms in total. The van der Waals surface area contributed by atoms with Crippen molar-refractivity contribution in [1.29, 1.82) is 0 Å². The SMILES string of the molecule is CC1CN(c2ccc(CNC(=O)C3CCCNC3)cn2)CCO1. The monoisotopic (exact) mass is 318 g/mol. The van der Waals surface area contributed by atoms with E-state index in [1.54, 1.807) is 0 Å². The van der Waals surface area contributed by atoms with E-state index in [9.17, 15) is 4.79 Å². The highest BCUT2D eigenvalue weighted by molar-refractivity contribution is 5.78. The highest BCUT2D eigenvalue weighted by atomic mass is 16.5. The van der Waals surface area contributed by atoms with Crippen LogP contribution in [0.5, 0.6) is 0 Å². The largest absolute Gasteiger partial charge is 0.375 e. The fourth-order valence-electron chi connectivity index (χ4n) is 3.14. The van der Waals surface area contributed by atoms with Gasteiger partial charge in [-0.05, 0) is 37.9 Å². The van der Waals surface area contributed by atoms with Crippen LogP contribution in [0.15, 0.2) is 18.3 Å². The molecule has 0 aliphatic carbocycles. The number of amides is 1. The maximum absolute atomic E-state index is 12.1. The van der Waals surface area contributed by atoms with Crippen molar-refractivity contribution in [1.82, 2.24) is 15.6 Å². The lowest BCUT2D eigenvalue weighted by atomic mass is 9.99. The Balaban J connectivity index is 1.50. The van der Waals surface area contributed by atoms with Crippen LogP contribution >= 0.6 is 0 Å². The summed E-state index contributed by atoms with van der Waals surface area (Å²) in [6.07, 6.45) is 4.15. The molecule has 2 aliphatic rings. The molecule has 0 saturated carbocycles. The Bertz CT molecular complexity index is 514. The highest BCUT2D eigenvalue weighted by Crippen LogP contribution is 2.15. The van der Waals surface area contributed by atoms with Crippen molar-refractivity contribution in [2.24, 2.45) is 5.92 Å². The van der Waals surface area contributed by atoms with E-state index in [1.165, 1.54) is 0 Å². The Hall–Kier alpha value is -1.66. The summed E-state index contributed by atoms with van der Waals surface area (Å²) in [5, 5.41) is 6.29. The number of carbonyl (C=O) groups is 1. The number of hydrogen-bond acceptors (Lipinski definition) is 5. The quantitative estimate of drug-likeness (QED) is 0.864. The van der Waals surface area contributed by atoms with Gasteiger partial charge in [0, 0.05) is 32.4 Å². The van der Waals surface area contributed by atoms with E-state index in [0.717, 1.165) is 57.0 Å². The molecule has 2 fully saturated rings. The minimum Gasteiger partial charge on any atom is -0.375 e. The third kappa shape index (κ3) is 4.42. The van der Waals surface area contributed by atoms with E-state index in [0.29, 0.717) is 6.54 Å². The standard InChI is InChI=1S/C17H26N4O2/c1-13-12-21(7-8-23-13)16-5-4-14(9-19-16)10-20-17(22)15-3-2-6-18-11-15/h4-5,9,13,15,18H,2-3,6-8,10-12H2,1H3,(H,20,22). The van der Waals surface area contributed by atoms with Crippen LogP contribution in [0.4, 0.5) is 5.82 Å². The van der Waals surface area contributed by atoms with Crippen LogP contribution in [0, 0.1) is 5.92 Å². The number of ether oxygens (including phenoxy) is 1. The highest BCUT2D eigenvalue weighted by Gasteiger charge is 2.20. The lowest BCUT2D eigenvalue weighted by Crippen LogP contribution is -2.41. The van der Waals surface area contributed by atoms with Gasteiger partial charge in [-0.15, -0.1) is 0 Å². The van der Waals surface area contributed by atoms with Crippen molar-refractivity contribution in [2.75, 3.05) is 37.7 Å². The fourth-order valence-corrected chi connectivity index (χ4v) is 3.14. The average molecular weight is 318 g/mol. The number of pyridine rings is 1. The molecule has 0 radical (unpaired) electrons. The number of carbonyl (C=O) groups excluding carboxylic acids is 1. The van der Waals surface area contributed by atoms with Crippen molar-refractivity contribution in [3.63, 3.8) is 0 Å². The van der Waals surface area contributed by atoms with Crippen LogP contribution < -0.4 is 15.5 Å². The molecule has 0 spiro atoms. The van der Waals surface area contributed by atoms with Crippen molar-refractivity contribution in [2.45, 2.75) is 32.4 Å². The molecular weight excluding hydrogens is 292 g/mol. The van der Waals surface area contributed by atoms with Crippen LogP contribution in [0.2, 0.25) is 0 Å². The summed E-state index contributed by atoms with van der Waals surface area (Å²) in [4.78, 5) is 18.9. The maximum atomic E-state index is 12.1. The van der Waals surface area contributed by atoms with Gasteiger partial charge in [-0.3, -0.25) is 4.79 Å². The van der Waals surface area contributed by atoms with Crippen molar-refractivity contribution in [3.8, 4) is 0 Å². The molecule has 3 rings (SSSR count). The normalized spacial score (nSPS) is 25.2. The van der Waals surface area contributed by atoms with Gasteiger partial charge in [-0.1, -0.05) is 6.07 Å². The third-order valence-corrected chi connectivity index (χ3v) is 4.51. The van der Waals surface area contributed by atoms with E-state index in [2.05, 4.69) is 27.4 Å². The van der Waals surface area contributed by atoms with E-state index in [4.69, 9.17) is 4.74 Å². The molecule has 23 heavy (non-hydrogen) atoms. The first-order valence-electron chi connectivity index (χ1n) is 8.52. The third-order valence-electron chi connectivity index (χ3n) is 4.51. The molecule has 2 aliphatic heterocycles. The Morgan fingerprint density at radius 3 is 3.13 bits per heavy atom. The first-order chi connectivity index (χ1) is 11.2. The Morgan fingerprint density at radius 1 is 1.52 bits per heavy atom. The first kappa shape index (κ1) is 16.2. The smallest absolute Gasteiger partial charge is 0.224 e. The first-order valence-corrected chi connectivity index (χ1v) is 8.52. The number of nitrogens with one attached hydrogen (secondary N) is 2. The van der Waals surface area contributed by atoms with Crippen LogP contribution in [-0.2, 0) is 16.1 Å². The van der Waals surface area contributed by atoms with Crippen LogP contribution in [-0.4, -0.2) is 49.8 Å². The minimum absolute atomic E-state index is 0.103. The lowest BCUT2D eigenvalue weighted by Gasteiger charge is -2.32. The molecule has 2 unspecified atom stereocenters. The Labute approximate surface area is 137 Å².